The number of rotatable bonds is 8. The van der Waals surface area contributed by atoms with Crippen molar-refractivity contribution < 1.29 is 19.8 Å². The fourth-order valence-electron chi connectivity index (χ4n) is 2.73. The third kappa shape index (κ3) is 7.46. The summed E-state index contributed by atoms with van der Waals surface area (Å²) in [6.45, 7) is 1.47. The Labute approximate surface area is 131 Å². The van der Waals surface area contributed by atoms with Gasteiger partial charge in [0.05, 0.1) is 13.2 Å². The first kappa shape index (κ1) is 18.5. The lowest BCUT2D eigenvalue weighted by molar-refractivity contribution is 0.204. The van der Waals surface area contributed by atoms with Crippen LogP contribution in [0.1, 0.15) is 25.7 Å². The lowest BCUT2D eigenvalue weighted by Crippen LogP contribution is -2.45. The zero-order valence-electron chi connectivity index (χ0n) is 12.9. The molecule has 0 aromatic carbocycles. The van der Waals surface area contributed by atoms with E-state index in [4.69, 9.17) is 10.2 Å². The molecule has 8 nitrogen and oxygen atoms in total. The zero-order chi connectivity index (χ0) is 16.2. The van der Waals surface area contributed by atoms with E-state index in [1.54, 1.807) is 0 Å². The van der Waals surface area contributed by atoms with Crippen LogP contribution < -0.4 is 21.3 Å². The predicted molar refractivity (Wildman–Crippen MR) is 82.4 cm³/mol. The van der Waals surface area contributed by atoms with Gasteiger partial charge in [-0.05, 0) is 24.7 Å². The molecule has 2 unspecified atom stereocenters. The molecule has 1 fully saturated rings. The summed E-state index contributed by atoms with van der Waals surface area (Å²) in [5, 5.41) is 28.1. The van der Waals surface area contributed by atoms with E-state index in [0.717, 1.165) is 25.7 Å². The van der Waals surface area contributed by atoms with E-state index in [9.17, 15) is 9.59 Å². The highest BCUT2D eigenvalue weighted by atomic mass is 16.3. The van der Waals surface area contributed by atoms with Crippen molar-refractivity contribution in [2.75, 3.05) is 39.4 Å². The van der Waals surface area contributed by atoms with Crippen molar-refractivity contribution >= 4 is 12.1 Å². The first-order valence-corrected chi connectivity index (χ1v) is 7.92. The van der Waals surface area contributed by atoms with Crippen molar-refractivity contribution in [2.45, 2.75) is 25.7 Å². The average molecular weight is 316 g/mol. The molecule has 1 aliphatic carbocycles. The fraction of sp³-hybridized carbons (Fsp3) is 0.857. The van der Waals surface area contributed by atoms with Crippen molar-refractivity contribution in [1.82, 2.24) is 21.3 Å². The number of urea groups is 2. The minimum atomic E-state index is -0.271. The second-order valence-electron chi connectivity index (χ2n) is 5.53. The van der Waals surface area contributed by atoms with E-state index in [-0.39, 0.29) is 38.4 Å². The molecule has 4 amide bonds. The summed E-state index contributed by atoms with van der Waals surface area (Å²) >= 11 is 0. The second kappa shape index (κ2) is 11.1. The standard InChI is InChI=1S/C14H28N4O4/c19-7-5-15-13(21)17-9-11-3-1-2-4-12(11)10-18-14(22)16-6-8-20/h11-12,19-20H,1-10H2,(H2,15,17,21)(H2,16,18,22). The van der Waals surface area contributed by atoms with Gasteiger partial charge >= 0.3 is 12.1 Å². The molecule has 8 heteroatoms. The van der Waals surface area contributed by atoms with Gasteiger partial charge in [0.25, 0.3) is 0 Å². The first-order chi connectivity index (χ1) is 10.7. The lowest BCUT2D eigenvalue weighted by atomic mass is 9.79. The van der Waals surface area contributed by atoms with Gasteiger partial charge in [0.2, 0.25) is 0 Å². The Morgan fingerprint density at radius 3 is 1.55 bits per heavy atom. The molecule has 1 aliphatic rings. The second-order valence-corrected chi connectivity index (χ2v) is 5.53. The predicted octanol–water partition coefficient (Wildman–Crippen LogP) is -0.624. The molecule has 0 saturated heterocycles. The van der Waals surface area contributed by atoms with Crippen LogP contribution in [0.25, 0.3) is 0 Å². The number of hydrogen-bond donors (Lipinski definition) is 6. The van der Waals surface area contributed by atoms with Gasteiger partial charge in [0.15, 0.2) is 0 Å². The van der Waals surface area contributed by atoms with Crippen LogP contribution in [0.2, 0.25) is 0 Å². The van der Waals surface area contributed by atoms with Gasteiger partial charge < -0.3 is 31.5 Å². The average Bonchev–Trinajstić information content (AvgIpc) is 2.54. The number of nitrogens with one attached hydrogen (secondary N) is 4. The zero-order valence-corrected chi connectivity index (χ0v) is 12.9. The van der Waals surface area contributed by atoms with Crippen molar-refractivity contribution in [3.05, 3.63) is 0 Å². The number of carbonyl (C=O) groups is 2. The van der Waals surface area contributed by atoms with Crippen LogP contribution in [0.15, 0.2) is 0 Å². The van der Waals surface area contributed by atoms with Crippen molar-refractivity contribution in [3.63, 3.8) is 0 Å². The van der Waals surface area contributed by atoms with Crippen LogP contribution in [0, 0.1) is 11.8 Å². The molecule has 6 N–H and O–H groups in total. The number of hydrogen-bond acceptors (Lipinski definition) is 4. The Morgan fingerprint density at radius 2 is 1.18 bits per heavy atom. The van der Waals surface area contributed by atoms with E-state index in [1.165, 1.54) is 0 Å². The first-order valence-electron chi connectivity index (χ1n) is 7.92. The van der Waals surface area contributed by atoms with Crippen LogP contribution in [0.5, 0.6) is 0 Å². The van der Waals surface area contributed by atoms with Crippen LogP contribution in [0.3, 0.4) is 0 Å². The Bertz CT molecular complexity index is 309. The van der Waals surface area contributed by atoms with Crippen LogP contribution in [-0.4, -0.2) is 61.7 Å². The SMILES string of the molecule is O=C(NCCO)NCC1CCCCC1CNC(=O)NCCO. The number of amides is 4. The molecule has 0 heterocycles. The molecular weight excluding hydrogens is 288 g/mol. The third-order valence-corrected chi connectivity index (χ3v) is 3.91. The molecule has 0 aromatic rings. The van der Waals surface area contributed by atoms with E-state index in [0.29, 0.717) is 24.9 Å². The van der Waals surface area contributed by atoms with Crippen molar-refractivity contribution in [2.24, 2.45) is 11.8 Å². The van der Waals surface area contributed by atoms with Gasteiger partial charge in [0.1, 0.15) is 0 Å². The molecule has 0 spiro atoms. The molecule has 128 valence electrons. The summed E-state index contributed by atoms with van der Waals surface area (Å²) in [6, 6.07) is -0.543. The highest BCUT2D eigenvalue weighted by Gasteiger charge is 2.25. The lowest BCUT2D eigenvalue weighted by Gasteiger charge is -2.31. The molecule has 0 bridgehead atoms. The summed E-state index contributed by atoms with van der Waals surface area (Å²) in [5.41, 5.74) is 0. The highest BCUT2D eigenvalue weighted by molar-refractivity contribution is 5.74. The third-order valence-electron chi connectivity index (χ3n) is 3.91. The number of aliphatic hydroxyl groups is 2. The largest absolute Gasteiger partial charge is 0.395 e. The molecule has 22 heavy (non-hydrogen) atoms. The smallest absolute Gasteiger partial charge is 0.314 e. The molecule has 1 rings (SSSR count). The summed E-state index contributed by atoms with van der Waals surface area (Å²) in [6.07, 6.45) is 4.34. The van der Waals surface area contributed by atoms with Gasteiger partial charge in [0, 0.05) is 26.2 Å². The summed E-state index contributed by atoms with van der Waals surface area (Å²) in [4.78, 5) is 23.0. The van der Waals surface area contributed by atoms with Gasteiger partial charge in [-0.1, -0.05) is 12.8 Å². The molecule has 0 aliphatic heterocycles. The van der Waals surface area contributed by atoms with Gasteiger partial charge in [-0.2, -0.15) is 0 Å². The molecule has 0 aromatic heterocycles. The molecular formula is C14H28N4O4. The number of aliphatic hydroxyl groups excluding tert-OH is 2. The van der Waals surface area contributed by atoms with Gasteiger partial charge in [-0.3, -0.25) is 0 Å². The van der Waals surface area contributed by atoms with Crippen molar-refractivity contribution in [3.8, 4) is 0 Å². The van der Waals surface area contributed by atoms with E-state index in [1.807, 2.05) is 0 Å². The fourth-order valence-corrected chi connectivity index (χ4v) is 2.73. The van der Waals surface area contributed by atoms with E-state index in [2.05, 4.69) is 21.3 Å². The maximum Gasteiger partial charge on any atom is 0.314 e. The molecule has 1 saturated carbocycles. The van der Waals surface area contributed by atoms with Crippen LogP contribution in [-0.2, 0) is 0 Å². The Morgan fingerprint density at radius 1 is 0.773 bits per heavy atom. The summed E-state index contributed by atoms with van der Waals surface area (Å²) in [5.74, 6) is 0.679. The monoisotopic (exact) mass is 316 g/mol. The maximum atomic E-state index is 11.5. The quantitative estimate of drug-likeness (QED) is 0.357. The Kier molecular flexibility index (Phi) is 9.33. The van der Waals surface area contributed by atoms with E-state index < -0.39 is 0 Å². The molecule has 2 atom stereocenters. The minimum absolute atomic E-state index is 0.0770. The van der Waals surface area contributed by atoms with E-state index >= 15 is 0 Å². The topological polar surface area (TPSA) is 123 Å². The molecule has 0 radical (unpaired) electrons. The van der Waals surface area contributed by atoms with Gasteiger partial charge in [-0.25, -0.2) is 9.59 Å². The van der Waals surface area contributed by atoms with Gasteiger partial charge in [-0.15, -0.1) is 0 Å². The highest BCUT2D eigenvalue weighted by Crippen LogP contribution is 2.29. The van der Waals surface area contributed by atoms with Crippen LogP contribution in [0.4, 0.5) is 9.59 Å². The minimum Gasteiger partial charge on any atom is -0.395 e. The summed E-state index contributed by atoms with van der Waals surface area (Å²) in [7, 11) is 0. The van der Waals surface area contributed by atoms with Crippen molar-refractivity contribution in [1.29, 1.82) is 0 Å². The number of carbonyl (C=O) groups excluding carboxylic acids is 2. The van der Waals surface area contributed by atoms with Crippen LogP contribution >= 0.6 is 0 Å². The Hall–Kier alpha value is -1.54. The maximum absolute atomic E-state index is 11.5. The Balaban J connectivity index is 2.30. The summed E-state index contributed by atoms with van der Waals surface area (Å²) < 4.78 is 0. The normalized spacial score (nSPS) is 21.0.